The van der Waals surface area contributed by atoms with Crippen molar-refractivity contribution in [3.05, 3.63) is 22.8 Å². The van der Waals surface area contributed by atoms with E-state index in [2.05, 4.69) is 54.5 Å². The fourth-order valence-electron chi connectivity index (χ4n) is 7.79. The average Bonchev–Trinajstić information content (AvgIpc) is 3.08. The maximum absolute atomic E-state index is 2.71. The fourth-order valence-corrected chi connectivity index (χ4v) is 7.79. The highest BCUT2D eigenvalue weighted by Gasteiger charge is 2.58. The third kappa shape index (κ3) is 4.94. The summed E-state index contributed by atoms with van der Waals surface area (Å²) >= 11 is 0. The minimum absolute atomic E-state index is 0.587. The topological polar surface area (TPSA) is 0 Å². The standard InChI is InChI=1S/C28H48.C2H6/c1-8-9-18-27(6)22(5)13-14-26-25(27)16-15-24-23(17-19-28(24,26)7)21(4)12-10-11-20(2)3;1-2/h11,22,24-26H,8-10,12-19H2,1-7H3;1-2H3/b23-21-;/t22?,24?,25-,26?,27+,28+;/m1./s1. The van der Waals surface area contributed by atoms with Crippen LogP contribution >= 0.6 is 0 Å². The molecule has 3 rings (SSSR count). The van der Waals surface area contributed by atoms with Gasteiger partial charge in [-0.25, -0.2) is 0 Å². The van der Waals surface area contributed by atoms with E-state index >= 15 is 0 Å². The highest BCUT2D eigenvalue weighted by molar-refractivity contribution is 5.26. The molecule has 0 spiro atoms. The summed E-state index contributed by atoms with van der Waals surface area (Å²) < 4.78 is 0. The maximum Gasteiger partial charge on any atom is -0.0144 e. The van der Waals surface area contributed by atoms with Gasteiger partial charge in [0, 0.05) is 0 Å². The SMILES string of the molecule is CC.CCCC[C@@]1(C)C(C)CCC2[C@H]1CCC1/C(=C(/C)CCC=C(C)C)CC[C@@]12C. The molecule has 0 bridgehead atoms. The summed E-state index contributed by atoms with van der Waals surface area (Å²) in [4.78, 5) is 0. The van der Waals surface area contributed by atoms with Crippen LogP contribution in [0, 0.1) is 34.5 Å². The van der Waals surface area contributed by atoms with Crippen LogP contribution in [0.3, 0.4) is 0 Å². The largest absolute Gasteiger partial charge is 0.0856 e. The highest BCUT2D eigenvalue weighted by atomic mass is 14.6. The number of unbranched alkanes of at least 4 members (excludes halogenated alkanes) is 1. The lowest BCUT2D eigenvalue weighted by Crippen LogP contribution is -2.52. The van der Waals surface area contributed by atoms with Gasteiger partial charge in [0.1, 0.15) is 0 Å². The Hall–Kier alpha value is -0.520. The molecule has 0 heteroatoms. The predicted octanol–water partition coefficient (Wildman–Crippen LogP) is 10.1. The van der Waals surface area contributed by atoms with E-state index < -0.39 is 0 Å². The zero-order valence-corrected chi connectivity index (χ0v) is 22.2. The molecule has 0 saturated heterocycles. The summed E-state index contributed by atoms with van der Waals surface area (Å²) in [6.07, 6.45) is 18.0. The first kappa shape index (κ1) is 25.7. The number of hydrogen-bond acceptors (Lipinski definition) is 0. The summed E-state index contributed by atoms with van der Waals surface area (Å²) in [5.74, 6) is 3.77. The molecule has 6 atom stereocenters. The fraction of sp³-hybridized carbons (Fsp3) is 0.867. The van der Waals surface area contributed by atoms with Crippen molar-refractivity contribution in [3.63, 3.8) is 0 Å². The van der Waals surface area contributed by atoms with Crippen LogP contribution in [-0.2, 0) is 0 Å². The molecule has 0 heterocycles. The first-order chi connectivity index (χ1) is 14.2. The lowest BCUT2D eigenvalue weighted by molar-refractivity contribution is -0.0978. The Morgan fingerprint density at radius 3 is 2.30 bits per heavy atom. The van der Waals surface area contributed by atoms with Crippen LogP contribution in [-0.4, -0.2) is 0 Å². The number of hydrogen-bond donors (Lipinski definition) is 0. The molecule has 0 aromatic rings. The maximum atomic E-state index is 2.71. The molecule has 3 saturated carbocycles. The summed E-state index contributed by atoms with van der Waals surface area (Å²) in [5, 5.41) is 0. The van der Waals surface area contributed by atoms with Crippen LogP contribution in [0.5, 0.6) is 0 Å². The van der Waals surface area contributed by atoms with Gasteiger partial charge >= 0.3 is 0 Å². The molecule has 0 aromatic carbocycles. The van der Waals surface area contributed by atoms with Crippen molar-refractivity contribution >= 4 is 0 Å². The van der Waals surface area contributed by atoms with Crippen molar-refractivity contribution < 1.29 is 0 Å². The average molecular weight is 415 g/mol. The van der Waals surface area contributed by atoms with Crippen molar-refractivity contribution in [1.82, 2.24) is 0 Å². The second-order valence-corrected chi connectivity index (χ2v) is 11.6. The molecule has 0 radical (unpaired) electrons. The van der Waals surface area contributed by atoms with Crippen molar-refractivity contribution in [2.75, 3.05) is 0 Å². The van der Waals surface area contributed by atoms with Crippen molar-refractivity contribution in [2.24, 2.45) is 34.5 Å². The molecule has 3 aliphatic carbocycles. The van der Waals surface area contributed by atoms with Gasteiger partial charge in [-0.1, -0.05) is 77.2 Å². The number of rotatable bonds is 6. The first-order valence-corrected chi connectivity index (χ1v) is 13.6. The molecule has 3 fully saturated rings. The number of allylic oxidation sites excluding steroid dienone is 4. The van der Waals surface area contributed by atoms with E-state index in [1.54, 1.807) is 5.57 Å². The van der Waals surface area contributed by atoms with Gasteiger partial charge in [-0.2, -0.15) is 0 Å². The Kier molecular flexibility index (Phi) is 9.33. The molecule has 174 valence electrons. The second-order valence-electron chi connectivity index (χ2n) is 11.6. The minimum Gasteiger partial charge on any atom is -0.0856 e. The molecular formula is C30H54. The highest BCUT2D eigenvalue weighted by Crippen LogP contribution is 2.67. The quantitative estimate of drug-likeness (QED) is 0.379. The lowest BCUT2D eigenvalue weighted by atomic mass is 9.45. The monoisotopic (exact) mass is 414 g/mol. The van der Waals surface area contributed by atoms with Crippen LogP contribution in [0.25, 0.3) is 0 Å². The van der Waals surface area contributed by atoms with E-state index in [1.165, 1.54) is 76.2 Å². The van der Waals surface area contributed by atoms with Crippen molar-refractivity contribution in [2.45, 2.75) is 133 Å². The van der Waals surface area contributed by atoms with Gasteiger partial charge in [0.25, 0.3) is 0 Å². The normalized spacial score (nSPS) is 39.4. The third-order valence-corrected chi connectivity index (χ3v) is 9.82. The predicted molar refractivity (Wildman–Crippen MR) is 136 cm³/mol. The summed E-state index contributed by atoms with van der Waals surface area (Å²) in [7, 11) is 0. The molecule has 0 nitrogen and oxygen atoms in total. The summed E-state index contributed by atoms with van der Waals surface area (Å²) in [6, 6.07) is 0. The van der Waals surface area contributed by atoms with Crippen molar-refractivity contribution in [3.8, 4) is 0 Å². The zero-order chi connectivity index (χ0) is 22.5. The number of fused-ring (bicyclic) bond motifs is 3. The third-order valence-electron chi connectivity index (χ3n) is 9.82. The smallest absolute Gasteiger partial charge is 0.0144 e. The van der Waals surface area contributed by atoms with Crippen LogP contribution in [0.1, 0.15) is 133 Å². The van der Waals surface area contributed by atoms with Gasteiger partial charge in [-0.15, -0.1) is 0 Å². The van der Waals surface area contributed by atoms with E-state index in [9.17, 15) is 0 Å². The van der Waals surface area contributed by atoms with Gasteiger partial charge in [0.15, 0.2) is 0 Å². The van der Waals surface area contributed by atoms with E-state index in [0.717, 1.165) is 23.7 Å². The Bertz CT molecular complexity index is 604. The van der Waals surface area contributed by atoms with Crippen LogP contribution < -0.4 is 0 Å². The van der Waals surface area contributed by atoms with Gasteiger partial charge in [-0.3, -0.25) is 0 Å². The molecule has 3 aliphatic rings. The second kappa shape index (κ2) is 10.9. The zero-order valence-electron chi connectivity index (χ0n) is 22.2. The van der Waals surface area contributed by atoms with Crippen LogP contribution in [0.15, 0.2) is 22.8 Å². The molecule has 0 aromatic heterocycles. The van der Waals surface area contributed by atoms with Gasteiger partial charge < -0.3 is 0 Å². The summed E-state index contributed by atoms with van der Waals surface area (Å²) in [6.45, 7) is 21.3. The van der Waals surface area contributed by atoms with E-state index in [0.29, 0.717) is 10.8 Å². The van der Waals surface area contributed by atoms with Crippen molar-refractivity contribution in [1.29, 1.82) is 0 Å². The molecule has 30 heavy (non-hydrogen) atoms. The van der Waals surface area contributed by atoms with E-state index in [1.807, 2.05) is 19.4 Å². The van der Waals surface area contributed by atoms with Gasteiger partial charge in [-0.05, 0) is 113 Å². The Balaban J connectivity index is 0.00000155. The minimum atomic E-state index is 0.587. The molecular weight excluding hydrogens is 360 g/mol. The van der Waals surface area contributed by atoms with Crippen LogP contribution in [0.2, 0.25) is 0 Å². The van der Waals surface area contributed by atoms with Gasteiger partial charge in [0.05, 0.1) is 0 Å². The molecule has 3 unspecified atom stereocenters. The Labute approximate surface area is 190 Å². The molecule has 0 amide bonds. The Morgan fingerprint density at radius 2 is 1.67 bits per heavy atom. The Morgan fingerprint density at radius 1 is 1.00 bits per heavy atom. The van der Waals surface area contributed by atoms with Crippen LogP contribution in [0.4, 0.5) is 0 Å². The van der Waals surface area contributed by atoms with Gasteiger partial charge in [0.2, 0.25) is 0 Å². The first-order valence-electron chi connectivity index (χ1n) is 13.6. The molecule has 0 N–H and O–H groups in total. The molecule has 0 aliphatic heterocycles. The van der Waals surface area contributed by atoms with E-state index in [-0.39, 0.29) is 0 Å². The lowest BCUT2D eigenvalue weighted by Gasteiger charge is -2.59. The summed E-state index contributed by atoms with van der Waals surface area (Å²) in [5.41, 5.74) is 6.28. The van der Waals surface area contributed by atoms with E-state index in [4.69, 9.17) is 0 Å².